The van der Waals surface area contributed by atoms with Crippen molar-refractivity contribution in [3.63, 3.8) is 0 Å². The number of carbonyl (C=O) groups excluding carboxylic acids is 2. The van der Waals surface area contributed by atoms with Gasteiger partial charge in [-0.25, -0.2) is 4.79 Å². The van der Waals surface area contributed by atoms with E-state index in [1.807, 2.05) is 12.1 Å². The summed E-state index contributed by atoms with van der Waals surface area (Å²) >= 11 is 0. The van der Waals surface area contributed by atoms with Crippen molar-refractivity contribution in [1.29, 1.82) is 0 Å². The lowest BCUT2D eigenvalue weighted by molar-refractivity contribution is -0.117. The molecule has 0 aromatic heterocycles. The minimum atomic E-state index is -0.455. The molecule has 7 nitrogen and oxygen atoms in total. The van der Waals surface area contributed by atoms with E-state index >= 15 is 0 Å². The molecule has 0 saturated heterocycles. The van der Waals surface area contributed by atoms with E-state index in [0.29, 0.717) is 29.0 Å². The Morgan fingerprint density at radius 2 is 1.40 bits per heavy atom. The summed E-state index contributed by atoms with van der Waals surface area (Å²) in [5, 5.41) is 6.18. The molecule has 0 radical (unpaired) electrons. The lowest BCUT2D eigenvalue weighted by Crippen LogP contribution is -2.48. The van der Waals surface area contributed by atoms with Crippen LogP contribution in [0.2, 0.25) is 0 Å². The van der Waals surface area contributed by atoms with Gasteiger partial charge in [-0.1, -0.05) is 12.1 Å². The van der Waals surface area contributed by atoms with Crippen molar-refractivity contribution in [2.24, 2.45) is 17.8 Å². The number of ether oxygens (including phenoxy) is 2. The molecule has 4 aliphatic rings. The normalized spacial score (nSPS) is 23.8. The van der Waals surface area contributed by atoms with Crippen LogP contribution in [0.5, 0.6) is 0 Å². The van der Waals surface area contributed by atoms with Crippen LogP contribution < -0.4 is 15.5 Å². The van der Waals surface area contributed by atoms with E-state index in [0.717, 1.165) is 34.8 Å². The quantitative estimate of drug-likeness (QED) is 0.248. The van der Waals surface area contributed by atoms with E-state index in [1.54, 1.807) is 25.3 Å². The third kappa shape index (κ3) is 5.75. The van der Waals surface area contributed by atoms with Crippen LogP contribution in [0.3, 0.4) is 0 Å². The van der Waals surface area contributed by atoms with E-state index in [9.17, 15) is 9.59 Å². The molecule has 4 bridgehead atoms. The molecule has 1 amide bonds. The first-order valence-corrected chi connectivity index (χ1v) is 15.1. The molecule has 3 aromatic carbocycles. The maximum atomic E-state index is 12.4. The first-order chi connectivity index (χ1) is 20.4. The molecule has 7 heteroatoms. The van der Waals surface area contributed by atoms with Crippen LogP contribution in [0.25, 0.3) is 0 Å². The van der Waals surface area contributed by atoms with Crippen molar-refractivity contribution in [1.82, 2.24) is 0 Å². The molecule has 0 unspecified atom stereocenters. The van der Waals surface area contributed by atoms with Crippen molar-refractivity contribution in [3.05, 3.63) is 77.9 Å². The minimum absolute atomic E-state index is 0.160. The average Bonchev–Trinajstić information content (AvgIpc) is 2.99. The molecule has 0 aliphatic heterocycles. The molecule has 4 fully saturated rings. The molecule has 3 aromatic rings. The molecule has 4 aliphatic carbocycles. The summed E-state index contributed by atoms with van der Waals surface area (Å²) in [6.45, 7) is 0.337. The van der Waals surface area contributed by atoms with Gasteiger partial charge in [-0.15, -0.1) is 0 Å². The molecule has 7 rings (SSSR count). The Balaban J connectivity index is 1.15. The third-order valence-corrected chi connectivity index (χ3v) is 9.68. The van der Waals surface area contributed by atoms with E-state index < -0.39 is 5.97 Å². The number of rotatable bonds is 10. The molecule has 42 heavy (non-hydrogen) atoms. The Hall–Kier alpha value is -3.84. The molecular formula is C35H41N3O4. The fraction of sp³-hybridized carbons (Fsp3) is 0.429. The number of hydrogen-bond acceptors (Lipinski definition) is 6. The van der Waals surface area contributed by atoms with Crippen LogP contribution >= 0.6 is 0 Å². The van der Waals surface area contributed by atoms with Gasteiger partial charge in [-0.3, -0.25) is 4.79 Å². The maximum Gasteiger partial charge on any atom is 0.339 e. The number of nitrogens with zero attached hydrogens (tertiary/aromatic N) is 1. The van der Waals surface area contributed by atoms with Gasteiger partial charge in [0.2, 0.25) is 5.91 Å². The smallest absolute Gasteiger partial charge is 0.339 e. The molecule has 0 spiro atoms. The van der Waals surface area contributed by atoms with E-state index in [2.05, 4.69) is 59.0 Å². The highest BCUT2D eigenvalue weighted by Crippen LogP contribution is 2.60. The van der Waals surface area contributed by atoms with E-state index in [4.69, 9.17) is 9.47 Å². The zero-order valence-corrected chi connectivity index (χ0v) is 24.8. The second-order valence-corrected chi connectivity index (χ2v) is 12.5. The number of carbonyl (C=O) groups is 2. The standard InChI is InChI=1S/C35H41N3O4/c1-38(29-9-4-26(5-10-29)35-20-23-16-24(21-35)18-25(17-23)22-35)30-11-6-27(7-12-30)36-32-19-28(37-33(39)14-15-41-2)8-13-31(32)34(40)42-3/h4-13,19,23-25,36H,14-18,20-22H2,1-3H3,(H,37,39). The van der Waals surface area contributed by atoms with Gasteiger partial charge in [0, 0.05) is 36.9 Å². The van der Waals surface area contributed by atoms with Gasteiger partial charge in [0.1, 0.15) is 0 Å². The highest BCUT2D eigenvalue weighted by Gasteiger charge is 2.51. The summed E-state index contributed by atoms with van der Waals surface area (Å²) in [5.41, 5.74) is 6.51. The van der Waals surface area contributed by atoms with E-state index in [1.165, 1.54) is 51.2 Å². The van der Waals surface area contributed by atoms with Crippen molar-refractivity contribution in [2.45, 2.75) is 50.4 Å². The Kier molecular flexibility index (Phi) is 7.95. The largest absolute Gasteiger partial charge is 0.465 e. The zero-order valence-electron chi connectivity index (χ0n) is 24.8. The van der Waals surface area contributed by atoms with Crippen molar-refractivity contribution in [3.8, 4) is 0 Å². The lowest BCUT2D eigenvalue weighted by Gasteiger charge is -2.57. The molecular weight excluding hydrogens is 526 g/mol. The number of nitrogens with one attached hydrogen (secondary N) is 2. The molecule has 4 saturated carbocycles. The Bertz CT molecular complexity index is 1400. The SMILES string of the molecule is COCCC(=O)Nc1ccc(C(=O)OC)c(Nc2ccc(N(C)c3ccc(C45CC6CC(CC(C6)C4)C5)cc3)cc2)c1. The number of hydrogen-bond donors (Lipinski definition) is 2. The number of methoxy groups -OCH3 is 2. The van der Waals surface area contributed by atoms with Gasteiger partial charge in [0.15, 0.2) is 0 Å². The predicted octanol–water partition coefficient (Wildman–Crippen LogP) is 7.43. The van der Waals surface area contributed by atoms with E-state index in [-0.39, 0.29) is 12.3 Å². The lowest BCUT2D eigenvalue weighted by atomic mass is 9.48. The second kappa shape index (κ2) is 11.8. The van der Waals surface area contributed by atoms with Gasteiger partial charge in [-0.2, -0.15) is 0 Å². The van der Waals surface area contributed by atoms with Gasteiger partial charge in [-0.05, 0) is 122 Å². The maximum absolute atomic E-state index is 12.4. The number of anilines is 5. The van der Waals surface area contributed by atoms with Crippen LogP contribution in [0.1, 0.15) is 60.9 Å². The summed E-state index contributed by atoms with van der Waals surface area (Å²) in [4.78, 5) is 26.8. The average molecular weight is 568 g/mol. The van der Waals surface area contributed by atoms with Crippen LogP contribution in [0.15, 0.2) is 66.7 Å². The highest BCUT2D eigenvalue weighted by molar-refractivity contribution is 5.99. The van der Waals surface area contributed by atoms with Crippen LogP contribution in [0, 0.1) is 17.8 Å². The topological polar surface area (TPSA) is 79.9 Å². The minimum Gasteiger partial charge on any atom is -0.465 e. The monoisotopic (exact) mass is 567 g/mol. The van der Waals surface area contributed by atoms with Crippen LogP contribution in [-0.4, -0.2) is 39.8 Å². The molecule has 0 atom stereocenters. The summed E-state index contributed by atoms with van der Waals surface area (Å²) in [7, 11) is 5.00. The van der Waals surface area contributed by atoms with Gasteiger partial charge in [0.25, 0.3) is 0 Å². The number of esters is 1. The zero-order chi connectivity index (χ0) is 29.3. The molecule has 0 heterocycles. The Morgan fingerprint density at radius 3 is 1.98 bits per heavy atom. The van der Waals surface area contributed by atoms with Crippen molar-refractivity contribution >= 4 is 40.3 Å². The molecule has 220 valence electrons. The summed E-state index contributed by atoms with van der Waals surface area (Å²) in [6, 6.07) is 22.5. The fourth-order valence-corrected chi connectivity index (χ4v) is 8.01. The second-order valence-electron chi connectivity index (χ2n) is 12.5. The third-order valence-electron chi connectivity index (χ3n) is 9.68. The summed E-state index contributed by atoms with van der Waals surface area (Å²) in [6.07, 6.45) is 8.78. The van der Waals surface area contributed by atoms with Crippen molar-refractivity contribution < 1.29 is 19.1 Å². The summed E-state index contributed by atoms with van der Waals surface area (Å²) in [5.74, 6) is 2.21. The van der Waals surface area contributed by atoms with Gasteiger partial charge < -0.3 is 25.0 Å². The Morgan fingerprint density at radius 1 is 0.833 bits per heavy atom. The van der Waals surface area contributed by atoms with Crippen LogP contribution in [-0.2, 0) is 19.7 Å². The molecule has 2 N–H and O–H groups in total. The fourth-order valence-electron chi connectivity index (χ4n) is 8.01. The van der Waals surface area contributed by atoms with Crippen molar-refractivity contribution in [2.75, 3.05) is 43.4 Å². The number of benzene rings is 3. The number of amides is 1. The first kappa shape index (κ1) is 28.3. The predicted molar refractivity (Wildman–Crippen MR) is 167 cm³/mol. The first-order valence-electron chi connectivity index (χ1n) is 15.1. The summed E-state index contributed by atoms with van der Waals surface area (Å²) < 4.78 is 9.96. The Labute approximate surface area is 248 Å². The van der Waals surface area contributed by atoms with Crippen LogP contribution in [0.4, 0.5) is 28.4 Å². The van der Waals surface area contributed by atoms with Gasteiger partial charge >= 0.3 is 5.97 Å². The highest BCUT2D eigenvalue weighted by atomic mass is 16.5. The van der Waals surface area contributed by atoms with Gasteiger partial charge in [0.05, 0.1) is 31.4 Å².